The molecule has 3 rings (SSSR count). The van der Waals surface area contributed by atoms with Crippen molar-refractivity contribution in [3.63, 3.8) is 0 Å². The Hall–Kier alpha value is -1.68. The highest BCUT2D eigenvalue weighted by molar-refractivity contribution is 6.22. The molecular weight excluding hydrogens is 252 g/mol. The lowest BCUT2D eigenvalue weighted by Crippen LogP contribution is -2.31. The zero-order valence-electron chi connectivity index (χ0n) is 11.8. The normalized spacial score (nSPS) is 26.0. The number of hydrogen-bond acceptors (Lipinski definition) is 3. The Bertz CT molecular complexity index is 544. The lowest BCUT2D eigenvalue weighted by molar-refractivity contribution is -0.122. The van der Waals surface area contributed by atoms with Crippen LogP contribution in [0.15, 0.2) is 18.2 Å². The molecule has 0 spiro atoms. The number of amides is 2. The first-order valence-electron chi connectivity index (χ1n) is 7.31. The Morgan fingerprint density at radius 2 is 1.75 bits per heavy atom. The van der Waals surface area contributed by atoms with Crippen molar-refractivity contribution in [2.75, 3.05) is 4.90 Å². The van der Waals surface area contributed by atoms with Crippen LogP contribution in [0.25, 0.3) is 0 Å². The summed E-state index contributed by atoms with van der Waals surface area (Å²) in [7, 11) is 0. The van der Waals surface area contributed by atoms with Gasteiger partial charge in [0.1, 0.15) is 0 Å². The van der Waals surface area contributed by atoms with Gasteiger partial charge in [0.05, 0.1) is 17.5 Å². The monoisotopic (exact) mass is 272 g/mol. The van der Waals surface area contributed by atoms with E-state index in [4.69, 9.17) is 5.73 Å². The average Bonchev–Trinajstić information content (AvgIpc) is 2.72. The molecule has 106 valence electrons. The number of fused-ring (bicyclic) bond motifs is 1. The second-order valence-electron chi connectivity index (χ2n) is 5.83. The smallest absolute Gasteiger partial charge is 0.237 e. The molecule has 1 saturated heterocycles. The van der Waals surface area contributed by atoms with E-state index in [0.717, 1.165) is 42.5 Å². The van der Waals surface area contributed by atoms with Gasteiger partial charge in [-0.2, -0.15) is 0 Å². The van der Waals surface area contributed by atoms with Crippen LogP contribution in [0.3, 0.4) is 0 Å². The fraction of sp³-hybridized carbons (Fsp3) is 0.500. The number of rotatable bonds is 2. The molecule has 1 aliphatic heterocycles. The first-order valence-corrected chi connectivity index (χ1v) is 7.31. The highest BCUT2D eigenvalue weighted by Crippen LogP contribution is 2.40. The minimum atomic E-state index is -0.0998. The molecule has 2 atom stereocenters. The van der Waals surface area contributed by atoms with Gasteiger partial charge in [-0.15, -0.1) is 0 Å². The maximum atomic E-state index is 12.6. The van der Waals surface area contributed by atoms with E-state index >= 15 is 0 Å². The number of imide groups is 1. The predicted octanol–water partition coefficient (Wildman–Crippen LogP) is 2.13. The van der Waals surface area contributed by atoms with Crippen molar-refractivity contribution in [3.05, 3.63) is 29.3 Å². The lowest BCUT2D eigenvalue weighted by atomic mass is 9.81. The van der Waals surface area contributed by atoms with Gasteiger partial charge >= 0.3 is 0 Å². The summed E-state index contributed by atoms with van der Waals surface area (Å²) in [6, 6.07) is 5.75. The molecule has 1 heterocycles. The van der Waals surface area contributed by atoms with Crippen molar-refractivity contribution < 1.29 is 9.59 Å². The molecular formula is C16H20N2O2. The number of nitrogens with two attached hydrogens (primary N) is 1. The van der Waals surface area contributed by atoms with Crippen LogP contribution < -0.4 is 10.6 Å². The van der Waals surface area contributed by atoms with E-state index in [1.165, 1.54) is 4.90 Å². The Morgan fingerprint density at radius 3 is 2.30 bits per heavy atom. The summed E-state index contributed by atoms with van der Waals surface area (Å²) < 4.78 is 0. The standard InChI is InChI=1S/C16H20N2O2/c1-10-6-7-11(9-17)8-14(10)18-15(19)12-4-2-3-5-13(12)16(18)20/h6-8,12-13H,2-5,9,17H2,1H3. The van der Waals surface area contributed by atoms with Gasteiger partial charge in [0.15, 0.2) is 0 Å². The van der Waals surface area contributed by atoms with Crippen LogP contribution in [0.5, 0.6) is 0 Å². The topological polar surface area (TPSA) is 63.4 Å². The molecule has 2 amide bonds. The predicted molar refractivity (Wildman–Crippen MR) is 77.0 cm³/mol. The molecule has 2 aliphatic rings. The fourth-order valence-corrected chi connectivity index (χ4v) is 3.42. The molecule has 4 heteroatoms. The van der Waals surface area contributed by atoms with E-state index in [9.17, 15) is 9.59 Å². The zero-order chi connectivity index (χ0) is 14.3. The highest BCUT2D eigenvalue weighted by atomic mass is 16.2. The first-order chi connectivity index (χ1) is 9.63. The molecule has 1 saturated carbocycles. The van der Waals surface area contributed by atoms with Crippen LogP contribution in [-0.2, 0) is 16.1 Å². The molecule has 2 unspecified atom stereocenters. The Labute approximate surface area is 118 Å². The summed E-state index contributed by atoms with van der Waals surface area (Å²) >= 11 is 0. The summed E-state index contributed by atoms with van der Waals surface area (Å²) in [5, 5.41) is 0. The van der Waals surface area contributed by atoms with Crippen LogP contribution >= 0.6 is 0 Å². The van der Waals surface area contributed by atoms with Crippen molar-refractivity contribution in [2.45, 2.75) is 39.2 Å². The Balaban J connectivity index is 2.01. The second-order valence-corrected chi connectivity index (χ2v) is 5.83. The maximum Gasteiger partial charge on any atom is 0.237 e. The minimum absolute atomic E-state index is 0.0167. The fourth-order valence-electron chi connectivity index (χ4n) is 3.42. The van der Waals surface area contributed by atoms with Crippen molar-refractivity contribution in [1.82, 2.24) is 0 Å². The van der Waals surface area contributed by atoms with Crippen LogP contribution in [0.1, 0.15) is 36.8 Å². The molecule has 1 aromatic rings. The molecule has 0 radical (unpaired) electrons. The molecule has 1 aromatic carbocycles. The number of nitrogens with zero attached hydrogens (tertiary/aromatic N) is 1. The van der Waals surface area contributed by atoms with E-state index in [-0.39, 0.29) is 23.7 Å². The second kappa shape index (κ2) is 5.02. The van der Waals surface area contributed by atoms with Crippen molar-refractivity contribution in [3.8, 4) is 0 Å². The summed E-state index contributed by atoms with van der Waals surface area (Å²) in [5.74, 6) is -0.233. The number of anilines is 1. The highest BCUT2D eigenvalue weighted by Gasteiger charge is 2.48. The summed E-state index contributed by atoms with van der Waals surface area (Å²) in [6.45, 7) is 2.34. The van der Waals surface area contributed by atoms with Crippen molar-refractivity contribution >= 4 is 17.5 Å². The van der Waals surface area contributed by atoms with Gasteiger partial charge in [-0.05, 0) is 37.0 Å². The van der Waals surface area contributed by atoms with E-state index in [1.54, 1.807) is 0 Å². The Morgan fingerprint density at radius 1 is 1.15 bits per heavy atom. The molecule has 20 heavy (non-hydrogen) atoms. The van der Waals surface area contributed by atoms with Crippen LogP contribution in [0.4, 0.5) is 5.69 Å². The number of carbonyl (C=O) groups is 2. The third-order valence-electron chi connectivity index (χ3n) is 4.59. The van der Waals surface area contributed by atoms with Crippen molar-refractivity contribution in [1.29, 1.82) is 0 Å². The minimum Gasteiger partial charge on any atom is -0.326 e. The third-order valence-corrected chi connectivity index (χ3v) is 4.59. The average molecular weight is 272 g/mol. The van der Waals surface area contributed by atoms with Crippen LogP contribution in [-0.4, -0.2) is 11.8 Å². The van der Waals surface area contributed by atoms with E-state index in [1.807, 2.05) is 25.1 Å². The van der Waals surface area contributed by atoms with Gasteiger partial charge in [-0.25, -0.2) is 4.90 Å². The number of aryl methyl sites for hydroxylation is 1. The van der Waals surface area contributed by atoms with Gasteiger partial charge in [0.2, 0.25) is 11.8 Å². The molecule has 4 nitrogen and oxygen atoms in total. The third kappa shape index (κ3) is 1.95. The SMILES string of the molecule is Cc1ccc(CN)cc1N1C(=O)C2CCCCC2C1=O. The van der Waals surface area contributed by atoms with Crippen molar-refractivity contribution in [2.24, 2.45) is 17.6 Å². The summed E-state index contributed by atoms with van der Waals surface area (Å²) in [4.78, 5) is 26.6. The van der Waals surface area contributed by atoms with E-state index in [0.29, 0.717) is 6.54 Å². The summed E-state index contributed by atoms with van der Waals surface area (Å²) in [5.41, 5.74) is 8.28. The quantitative estimate of drug-likeness (QED) is 0.839. The first kappa shape index (κ1) is 13.3. The molecule has 2 N–H and O–H groups in total. The van der Waals surface area contributed by atoms with Gasteiger partial charge in [0.25, 0.3) is 0 Å². The molecule has 2 fully saturated rings. The molecule has 0 bridgehead atoms. The largest absolute Gasteiger partial charge is 0.326 e. The van der Waals surface area contributed by atoms with E-state index in [2.05, 4.69) is 0 Å². The van der Waals surface area contributed by atoms with E-state index < -0.39 is 0 Å². The van der Waals surface area contributed by atoms with Gasteiger partial charge in [-0.1, -0.05) is 25.0 Å². The van der Waals surface area contributed by atoms with Gasteiger partial charge < -0.3 is 5.73 Å². The van der Waals surface area contributed by atoms with Crippen LogP contribution in [0.2, 0.25) is 0 Å². The molecule has 0 aromatic heterocycles. The zero-order valence-corrected chi connectivity index (χ0v) is 11.8. The number of carbonyl (C=O) groups excluding carboxylic acids is 2. The maximum absolute atomic E-state index is 12.6. The molecule has 1 aliphatic carbocycles. The summed E-state index contributed by atoms with van der Waals surface area (Å²) in [6.07, 6.45) is 3.80. The van der Waals surface area contributed by atoms with Crippen LogP contribution in [0, 0.1) is 18.8 Å². The number of benzene rings is 1. The van der Waals surface area contributed by atoms with Gasteiger partial charge in [0, 0.05) is 6.54 Å². The Kier molecular flexibility index (Phi) is 3.34. The lowest BCUT2D eigenvalue weighted by Gasteiger charge is -2.19. The van der Waals surface area contributed by atoms with Gasteiger partial charge in [-0.3, -0.25) is 9.59 Å². The number of hydrogen-bond donors (Lipinski definition) is 1.